The maximum atomic E-state index is 12.5. The van der Waals surface area contributed by atoms with Gasteiger partial charge in [0.05, 0.1) is 17.9 Å². The zero-order valence-electron chi connectivity index (χ0n) is 16.3. The highest BCUT2D eigenvalue weighted by atomic mass is 19.4. The highest BCUT2D eigenvalue weighted by Gasteiger charge is 2.50. The van der Waals surface area contributed by atoms with E-state index in [9.17, 15) is 22.8 Å². The van der Waals surface area contributed by atoms with E-state index in [0.717, 1.165) is 6.42 Å². The van der Waals surface area contributed by atoms with Crippen molar-refractivity contribution in [3.63, 3.8) is 0 Å². The number of likely N-dealkylation sites (tertiary alicyclic amines) is 2. The molecule has 0 bridgehead atoms. The maximum absolute atomic E-state index is 12.5. The number of nitrogens with one attached hydrogen (secondary N) is 1. The summed E-state index contributed by atoms with van der Waals surface area (Å²) < 4.78 is 36.7. The molecule has 0 aliphatic carbocycles. The smallest absolute Gasteiger partial charge is 0.475 e. The van der Waals surface area contributed by atoms with E-state index in [1.54, 1.807) is 13.1 Å². The molecule has 1 aromatic heterocycles. The van der Waals surface area contributed by atoms with Crippen LogP contribution in [0.5, 0.6) is 0 Å². The van der Waals surface area contributed by atoms with Crippen molar-refractivity contribution in [2.45, 2.75) is 44.6 Å². The number of likely N-dealkylation sites (N-methyl/N-ethyl adjacent to an activating group) is 1. The fourth-order valence-electron chi connectivity index (χ4n) is 3.95. The van der Waals surface area contributed by atoms with Gasteiger partial charge < -0.3 is 19.7 Å². The van der Waals surface area contributed by atoms with Crippen LogP contribution in [-0.4, -0.2) is 77.1 Å². The summed E-state index contributed by atoms with van der Waals surface area (Å²) in [6.07, 6.45) is -1.26. The fraction of sp³-hybridized carbons (Fsp3) is 0.611. The van der Waals surface area contributed by atoms with Gasteiger partial charge in [0.2, 0.25) is 5.91 Å². The molecule has 0 saturated carbocycles. The molecular weight excluding hydrogens is 395 g/mol. The highest BCUT2D eigenvalue weighted by Crippen LogP contribution is 2.37. The molecular formula is C18H24F3N3O5. The van der Waals surface area contributed by atoms with Crippen molar-refractivity contribution in [2.24, 2.45) is 5.92 Å². The minimum Gasteiger partial charge on any atom is -0.475 e. The first-order chi connectivity index (χ1) is 13.5. The zero-order valence-corrected chi connectivity index (χ0v) is 16.3. The molecule has 0 aromatic carbocycles. The number of hydrogen-bond donors (Lipinski definition) is 2. The Morgan fingerprint density at radius 3 is 2.34 bits per heavy atom. The minimum atomic E-state index is -5.08. The van der Waals surface area contributed by atoms with Crippen molar-refractivity contribution >= 4 is 17.8 Å². The summed E-state index contributed by atoms with van der Waals surface area (Å²) in [5, 5.41) is 9.89. The van der Waals surface area contributed by atoms with Gasteiger partial charge in [-0.3, -0.25) is 14.5 Å². The monoisotopic (exact) mass is 419 g/mol. The summed E-state index contributed by atoms with van der Waals surface area (Å²) >= 11 is 0. The first-order valence-corrected chi connectivity index (χ1v) is 9.08. The van der Waals surface area contributed by atoms with Gasteiger partial charge in [0.15, 0.2) is 0 Å². The average molecular weight is 419 g/mol. The molecule has 2 aliphatic heterocycles. The number of aliphatic carboxylic acids is 1. The lowest BCUT2D eigenvalue weighted by Crippen LogP contribution is -2.50. The summed E-state index contributed by atoms with van der Waals surface area (Å²) in [6.45, 7) is 5.61. The van der Waals surface area contributed by atoms with Gasteiger partial charge in [-0.25, -0.2) is 4.79 Å². The van der Waals surface area contributed by atoms with E-state index in [1.165, 1.54) is 12.5 Å². The lowest BCUT2D eigenvalue weighted by molar-refractivity contribution is -0.192. The lowest BCUT2D eigenvalue weighted by Gasteiger charge is -2.33. The van der Waals surface area contributed by atoms with Crippen molar-refractivity contribution in [3.8, 4) is 0 Å². The molecule has 3 atom stereocenters. The quantitative estimate of drug-likeness (QED) is 0.771. The number of rotatable bonds is 3. The maximum Gasteiger partial charge on any atom is 0.490 e. The Kier molecular flexibility index (Phi) is 6.93. The number of carboxylic acid groups (broad SMARTS) is 1. The Labute approximate surface area is 165 Å². The molecule has 162 valence electrons. The van der Waals surface area contributed by atoms with E-state index in [4.69, 9.17) is 14.3 Å². The van der Waals surface area contributed by atoms with E-state index in [1.807, 2.05) is 4.90 Å². The number of alkyl halides is 3. The number of hydrogen-bond acceptors (Lipinski definition) is 5. The van der Waals surface area contributed by atoms with E-state index in [-0.39, 0.29) is 29.9 Å². The number of carboxylic acids is 1. The molecule has 0 radical (unpaired) electrons. The second kappa shape index (κ2) is 8.85. The van der Waals surface area contributed by atoms with Crippen LogP contribution in [0.1, 0.15) is 30.6 Å². The van der Waals surface area contributed by atoms with Gasteiger partial charge in [0.1, 0.15) is 6.26 Å². The second-order valence-electron chi connectivity index (χ2n) is 7.26. The Morgan fingerprint density at radius 1 is 1.28 bits per heavy atom. The number of furan rings is 1. The van der Waals surface area contributed by atoms with E-state index >= 15 is 0 Å². The van der Waals surface area contributed by atoms with Gasteiger partial charge in [-0.1, -0.05) is 0 Å². The van der Waals surface area contributed by atoms with Crippen molar-refractivity contribution in [1.29, 1.82) is 0 Å². The van der Waals surface area contributed by atoms with Gasteiger partial charge >= 0.3 is 12.1 Å². The third-order valence-electron chi connectivity index (χ3n) is 5.12. The predicted molar refractivity (Wildman–Crippen MR) is 95.0 cm³/mol. The molecule has 0 unspecified atom stereocenters. The van der Waals surface area contributed by atoms with Crippen LogP contribution < -0.4 is 5.32 Å². The Balaban J connectivity index is 0.000000370. The number of carbonyl (C=O) groups is 3. The largest absolute Gasteiger partial charge is 0.490 e. The summed E-state index contributed by atoms with van der Waals surface area (Å²) in [7, 11) is 1.68. The van der Waals surface area contributed by atoms with Crippen molar-refractivity contribution < 1.29 is 37.1 Å². The highest BCUT2D eigenvalue weighted by molar-refractivity contribution is 5.94. The van der Waals surface area contributed by atoms with Crippen molar-refractivity contribution in [3.05, 3.63) is 24.2 Å². The third kappa shape index (κ3) is 5.08. The summed E-state index contributed by atoms with van der Waals surface area (Å²) in [5.41, 5.74) is 0.596. The predicted octanol–water partition coefficient (Wildman–Crippen LogP) is 1.58. The Hall–Kier alpha value is -2.56. The topological polar surface area (TPSA) is 103 Å². The first kappa shape index (κ1) is 22.7. The van der Waals surface area contributed by atoms with E-state index in [2.05, 4.69) is 24.1 Å². The van der Waals surface area contributed by atoms with Crippen LogP contribution in [0.2, 0.25) is 0 Å². The van der Waals surface area contributed by atoms with Crippen LogP contribution in [0.15, 0.2) is 23.0 Å². The molecule has 8 nitrogen and oxygen atoms in total. The van der Waals surface area contributed by atoms with Crippen molar-refractivity contribution in [1.82, 2.24) is 15.1 Å². The second-order valence-corrected chi connectivity index (χ2v) is 7.26. The summed E-state index contributed by atoms with van der Waals surface area (Å²) in [4.78, 5) is 37.6. The summed E-state index contributed by atoms with van der Waals surface area (Å²) in [6, 6.07) is 2.16. The molecule has 2 N–H and O–H groups in total. The SMILES string of the molecule is CNC(=O)[C@H]1C[C@@H]2CN(C(=O)c3ccoc3)C[C@@H]2N1C(C)C.O=C(O)C(F)(F)F. The van der Waals surface area contributed by atoms with Crippen LogP contribution in [0.25, 0.3) is 0 Å². The van der Waals surface area contributed by atoms with Gasteiger partial charge in [0, 0.05) is 32.2 Å². The normalized spacial score (nSPS) is 24.1. The molecule has 2 fully saturated rings. The fourth-order valence-corrected chi connectivity index (χ4v) is 3.95. The molecule has 1 aromatic rings. The van der Waals surface area contributed by atoms with Gasteiger partial charge in [-0.15, -0.1) is 0 Å². The number of amides is 2. The molecule has 29 heavy (non-hydrogen) atoms. The van der Waals surface area contributed by atoms with E-state index in [0.29, 0.717) is 24.6 Å². The third-order valence-corrected chi connectivity index (χ3v) is 5.12. The van der Waals surface area contributed by atoms with Crippen LogP contribution in [0.3, 0.4) is 0 Å². The van der Waals surface area contributed by atoms with Crippen LogP contribution >= 0.6 is 0 Å². The van der Waals surface area contributed by atoms with Crippen LogP contribution in [0.4, 0.5) is 13.2 Å². The van der Waals surface area contributed by atoms with Crippen LogP contribution in [0, 0.1) is 5.92 Å². The van der Waals surface area contributed by atoms with Gasteiger partial charge in [-0.2, -0.15) is 13.2 Å². The number of carbonyl (C=O) groups excluding carboxylic acids is 2. The molecule has 0 spiro atoms. The lowest BCUT2D eigenvalue weighted by atomic mass is 10.0. The summed E-state index contributed by atoms with van der Waals surface area (Å²) in [5.74, 6) is -2.30. The minimum absolute atomic E-state index is 0.0170. The molecule has 11 heteroatoms. The number of halogens is 3. The van der Waals surface area contributed by atoms with E-state index < -0.39 is 12.1 Å². The average Bonchev–Trinajstić information content (AvgIpc) is 3.34. The van der Waals surface area contributed by atoms with Gasteiger partial charge in [0.25, 0.3) is 5.91 Å². The molecule has 2 aliphatic rings. The first-order valence-electron chi connectivity index (χ1n) is 9.08. The Bertz CT molecular complexity index is 736. The molecule has 2 amide bonds. The zero-order chi connectivity index (χ0) is 21.9. The number of fused-ring (bicyclic) bond motifs is 1. The molecule has 3 rings (SSSR count). The van der Waals surface area contributed by atoms with Crippen LogP contribution in [-0.2, 0) is 9.59 Å². The van der Waals surface area contributed by atoms with Gasteiger partial charge in [-0.05, 0) is 32.3 Å². The van der Waals surface area contributed by atoms with Crippen molar-refractivity contribution in [2.75, 3.05) is 20.1 Å². The molecule has 2 saturated heterocycles. The number of nitrogens with zero attached hydrogens (tertiary/aromatic N) is 2. The Morgan fingerprint density at radius 2 is 1.90 bits per heavy atom. The molecule has 3 heterocycles. The standard InChI is InChI=1S/C16H23N3O3.C2HF3O2/c1-10(2)19-13(15(20)17-3)6-12-7-18(8-14(12)19)16(21)11-4-5-22-9-11;3-2(4,5)1(6)7/h4-5,9-10,12-14H,6-8H2,1-3H3,(H,17,20);(H,6,7)/t12-,13-,14+;/m1./s1.